The standard InChI is InChI=1S/C14H11ClN2OS/c15-10-5-7-11(8-6-10)16-9-17-12-3-1-2-4-13(12)19-14(17)18/h1-8,16H,9H2. The Balaban J connectivity index is 1.87. The fraction of sp³-hybridized carbons (Fsp3) is 0.0714. The Kier molecular flexibility index (Phi) is 3.27. The highest BCUT2D eigenvalue weighted by molar-refractivity contribution is 7.16. The quantitative estimate of drug-likeness (QED) is 0.796. The Morgan fingerprint density at radius 3 is 2.63 bits per heavy atom. The van der Waals surface area contributed by atoms with Gasteiger partial charge >= 0.3 is 4.87 Å². The van der Waals surface area contributed by atoms with Crippen LogP contribution < -0.4 is 10.2 Å². The lowest BCUT2D eigenvalue weighted by molar-refractivity contribution is 0.792. The number of hydrogen-bond donors (Lipinski definition) is 1. The maximum absolute atomic E-state index is 11.9. The molecule has 0 aliphatic heterocycles. The molecule has 1 aromatic heterocycles. The van der Waals surface area contributed by atoms with E-state index in [9.17, 15) is 4.79 Å². The van der Waals surface area contributed by atoms with Gasteiger partial charge in [-0.15, -0.1) is 0 Å². The third-order valence-corrected chi connectivity index (χ3v) is 4.07. The molecule has 3 rings (SSSR count). The van der Waals surface area contributed by atoms with Crippen LogP contribution in [-0.2, 0) is 6.67 Å². The molecule has 5 heteroatoms. The Bertz CT molecular complexity index is 761. The summed E-state index contributed by atoms with van der Waals surface area (Å²) < 4.78 is 2.74. The summed E-state index contributed by atoms with van der Waals surface area (Å²) in [5.41, 5.74) is 1.89. The SMILES string of the molecule is O=c1sc2ccccc2n1CNc1ccc(Cl)cc1. The molecule has 19 heavy (non-hydrogen) atoms. The summed E-state index contributed by atoms with van der Waals surface area (Å²) >= 11 is 7.10. The number of fused-ring (bicyclic) bond motifs is 1. The van der Waals surface area contributed by atoms with Crippen LogP contribution in [0.5, 0.6) is 0 Å². The van der Waals surface area contributed by atoms with Crippen LogP contribution in [0.1, 0.15) is 0 Å². The highest BCUT2D eigenvalue weighted by Gasteiger charge is 2.05. The number of para-hydroxylation sites is 1. The van der Waals surface area contributed by atoms with E-state index >= 15 is 0 Å². The van der Waals surface area contributed by atoms with Crippen molar-refractivity contribution in [2.75, 3.05) is 5.32 Å². The molecule has 0 radical (unpaired) electrons. The molecule has 3 aromatic rings. The van der Waals surface area contributed by atoms with Crippen molar-refractivity contribution in [1.29, 1.82) is 0 Å². The van der Waals surface area contributed by atoms with E-state index in [0.29, 0.717) is 11.7 Å². The first-order chi connectivity index (χ1) is 9.24. The largest absolute Gasteiger partial charge is 0.367 e. The van der Waals surface area contributed by atoms with Crippen molar-refractivity contribution < 1.29 is 0 Å². The summed E-state index contributed by atoms with van der Waals surface area (Å²) in [5.74, 6) is 0. The summed E-state index contributed by atoms with van der Waals surface area (Å²) in [5, 5.41) is 3.92. The molecule has 1 heterocycles. The van der Waals surface area contributed by atoms with Crippen LogP contribution in [0.15, 0.2) is 53.3 Å². The first kappa shape index (κ1) is 12.3. The van der Waals surface area contributed by atoms with Crippen molar-refractivity contribution >= 4 is 38.8 Å². The van der Waals surface area contributed by atoms with E-state index < -0.39 is 0 Å². The predicted molar refractivity (Wildman–Crippen MR) is 81.2 cm³/mol. The molecule has 0 amide bonds. The van der Waals surface area contributed by atoms with Crippen LogP contribution in [0, 0.1) is 0 Å². The molecule has 2 aromatic carbocycles. The van der Waals surface area contributed by atoms with E-state index in [1.165, 1.54) is 11.3 Å². The van der Waals surface area contributed by atoms with Crippen LogP contribution in [0.4, 0.5) is 5.69 Å². The predicted octanol–water partition coefficient (Wildman–Crippen LogP) is 3.79. The zero-order valence-corrected chi connectivity index (χ0v) is 11.5. The lowest BCUT2D eigenvalue weighted by Gasteiger charge is -2.07. The molecule has 0 saturated heterocycles. The molecule has 0 bridgehead atoms. The monoisotopic (exact) mass is 290 g/mol. The van der Waals surface area contributed by atoms with Crippen molar-refractivity contribution in [1.82, 2.24) is 4.57 Å². The average Bonchev–Trinajstić information content (AvgIpc) is 2.74. The normalized spacial score (nSPS) is 10.8. The summed E-state index contributed by atoms with van der Waals surface area (Å²) in [6.45, 7) is 0.449. The van der Waals surface area contributed by atoms with Crippen LogP contribution in [0.2, 0.25) is 5.02 Å². The molecule has 3 nitrogen and oxygen atoms in total. The van der Waals surface area contributed by atoms with E-state index in [2.05, 4.69) is 5.32 Å². The smallest absolute Gasteiger partial charge is 0.309 e. The van der Waals surface area contributed by atoms with Gasteiger partial charge in [-0.05, 0) is 36.4 Å². The number of benzene rings is 2. The first-order valence-corrected chi connectivity index (χ1v) is 7.01. The highest BCUT2D eigenvalue weighted by Crippen LogP contribution is 2.17. The number of halogens is 1. The number of rotatable bonds is 3. The Hall–Kier alpha value is -1.78. The van der Waals surface area contributed by atoms with Gasteiger partial charge in [-0.25, -0.2) is 0 Å². The third kappa shape index (κ3) is 2.50. The van der Waals surface area contributed by atoms with Crippen molar-refractivity contribution in [3.8, 4) is 0 Å². The van der Waals surface area contributed by atoms with Crippen molar-refractivity contribution in [3.63, 3.8) is 0 Å². The Morgan fingerprint density at radius 1 is 1.11 bits per heavy atom. The summed E-state index contributed by atoms with van der Waals surface area (Å²) in [6.07, 6.45) is 0. The molecular formula is C14H11ClN2OS. The van der Waals surface area contributed by atoms with E-state index in [0.717, 1.165) is 15.9 Å². The molecule has 0 aliphatic rings. The minimum Gasteiger partial charge on any atom is -0.367 e. The second-order valence-corrected chi connectivity index (χ2v) is 5.54. The zero-order chi connectivity index (χ0) is 13.2. The van der Waals surface area contributed by atoms with Crippen LogP contribution in [0.3, 0.4) is 0 Å². The molecule has 0 atom stereocenters. The second kappa shape index (κ2) is 5.07. The maximum atomic E-state index is 11.9. The minimum absolute atomic E-state index is 0.0441. The molecule has 0 spiro atoms. The van der Waals surface area contributed by atoms with E-state index in [4.69, 9.17) is 11.6 Å². The fourth-order valence-electron chi connectivity index (χ4n) is 1.90. The number of aromatic nitrogens is 1. The molecule has 0 fully saturated rings. The van der Waals surface area contributed by atoms with E-state index in [1.54, 1.807) is 4.57 Å². The number of nitrogens with zero attached hydrogens (tertiary/aromatic N) is 1. The molecule has 1 N–H and O–H groups in total. The highest BCUT2D eigenvalue weighted by atomic mass is 35.5. The number of thiazole rings is 1. The van der Waals surface area contributed by atoms with E-state index in [-0.39, 0.29) is 4.87 Å². The van der Waals surface area contributed by atoms with E-state index in [1.807, 2.05) is 48.5 Å². The van der Waals surface area contributed by atoms with Gasteiger partial charge in [0.2, 0.25) is 0 Å². The topological polar surface area (TPSA) is 34.0 Å². The molecule has 0 saturated carbocycles. The molecule has 96 valence electrons. The maximum Gasteiger partial charge on any atom is 0.309 e. The summed E-state index contributed by atoms with van der Waals surface area (Å²) in [6, 6.07) is 15.2. The summed E-state index contributed by atoms with van der Waals surface area (Å²) in [7, 11) is 0. The number of hydrogen-bond acceptors (Lipinski definition) is 3. The molecule has 0 aliphatic carbocycles. The van der Waals surface area contributed by atoms with Gasteiger partial charge in [-0.3, -0.25) is 9.36 Å². The molecular weight excluding hydrogens is 280 g/mol. The molecule has 0 unspecified atom stereocenters. The Morgan fingerprint density at radius 2 is 1.84 bits per heavy atom. The van der Waals surface area contributed by atoms with Crippen molar-refractivity contribution in [2.45, 2.75) is 6.67 Å². The first-order valence-electron chi connectivity index (χ1n) is 5.82. The summed E-state index contributed by atoms with van der Waals surface area (Å²) in [4.78, 5) is 12.0. The van der Waals surface area contributed by atoms with Gasteiger partial charge in [0.15, 0.2) is 0 Å². The minimum atomic E-state index is 0.0441. The van der Waals surface area contributed by atoms with Gasteiger partial charge in [-0.1, -0.05) is 35.1 Å². The average molecular weight is 291 g/mol. The lowest BCUT2D eigenvalue weighted by atomic mass is 10.3. The zero-order valence-electron chi connectivity index (χ0n) is 9.97. The third-order valence-electron chi connectivity index (χ3n) is 2.86. The van der Waals surface area contributed by atoms with Gasteiger partial charge in [-0.2, -0.15) is 0 Å². The van der Waals surface area contributed by atoms with Crippen molar-refractivity contribution in [3.05, 3.63) is 63.2 Å². The number of nitrogens with one attached hydrogen (secondary N) is 1. The van der Waals surface area contributed by atoms with Gasteiger partial charge < -0.3 is 5.32 Å². The van der Waals surface area contributed by atoms with Gasteiger partial charge in [0.1, 0.15) is 0 Å². The lowest BCUT2D eigenvalue weighted by Crippen LogP contribution is -2.18. The number of anilines is 1. The van der Waals surface area contributed by atoms with Crippen LogP contribution in [-0.4, -0.2) is 4.57 Å². The second-order valence-electron chi connectivity index (χ2n) is 4.11. The fourth-order valence-corrected chi connectivity index (χ4v) is 2.92. The van der Waals surface area contributed by atoms with Gasteiger partial charge in [0.05, 0.1) is 16.9 Å². The van der Waals surface area contributed by atoms with Gasteiger partial charge in [0, 0.05) is 10.7 Å². The van der Waals surface area contributed by atoms with Crippen molar-refractivity contribution in [2.24, 2.45) is 0 Å². The van der Waals surface area contributed by atoms with Gasteiger partial charge in [0.25, 0.3) is 0 Å². The van der Waals surface area contributed by atoms with Crippen LogP contribution >= 0.6 is 22.9 Å². The van der Waals surface area contributed by atoms with Crippen LogP contribution in [0.25, 0.3) is 10.2 Å². The Labute approximate surface area is 119 Å².